The zero-order valence-electron chi connectivity index (χ0n) is 17.8. The van der Waals surface area contributed by atoms with Gasteiger partial charge in [-0.2, -0.15) is 0 Å². The van der Waals surface area contributed by atoms with E-state index < -0.39 is 0 Å². The highest BCUT2D eigenvalue weighted by Crippen LogP contribution is 2.26. The minimum atomic E-state index is -0.197. The number of piperazine rings is 1. The summed E-state index contributed by atoms with van der Waals surface area (Å²) in [6, 6.07) is 12.3. The Morgan fingerprint density at radius 2 is 1.66 bits per heavy atom. The topological polar surface area (TPSA) is 61.9 Å². The standard InChI is InChI=1S/C23H31N3O3/c1-16(2)24-22(27)15-25-9-11-26(12-10-25)23(28)17(3)18-5-6-20-14-21(29-4)8-7-19(20)13-18/h5-8,13-14,16-17H,9-12,15H2,1-4H3,(H,24,27)/t17-/m0/s1. The van der Waals surface area contributed by atoms with Gasteiger partial charge in [0.2, 0.25) is 11.8 Å². The summed E-state index contributed by atoms with van der Waals surface area (Å²) in [4.78, 5) is 29.0. The Bertz CT molecular complexity index is 873. The first kappa shape index (κ1) is 21.1. The number of rotatable bonds is 6. The fourth-order valence-electron chi connectivity index (χ4n) is 3.75. The number of hydrogen-bond donors (Lipinski definition) is 1. The molecule has 2 aromatic rings. The van der Waals surface area contributed by atoms with Crippen LogP contribution in [0.2, 0.25) is 0 Å². The van der Waals surface area contributed by atoms with Crippen LogP contribution in [0.25, 0.3) is 10.8 Å². The smallest absolute Gasteiger partial charge is 0.234 e. The molecule has 1 heterocycles. The molecule has 0 radical (unpaired) electrons. The maximum absolute atomic E-state index is 13.0. The molecule has 6 nitrogen and oxygen atoms in total. The first-order valence-electron chi connectivity index (χ1n) is 10.3. The molecule has 0 bridgehead atoms. The Morgan fingerprint density at radius 3 is 2.31 bits per heavy atom. The van der Waals surface area contributed by atoms with Crippen LogP contribution in [0, 0.1) is 0 Å². The van der Waals surface area contributed by atoms with Gasteiger partial charge in [-0.05, 0) is 49.2 Å². The molecular formula is C23H31N3O3. The van der Waals surface area contributed by atoms with E-state index in [0.29, 0.717) is 19.6 Å². The monoisotopic (exact) mass is 397 g/mol. The average molecular weight is 398 g/mol. The second-order valence-corrected chi connectivity index (χ2v) is 8.02. The van der Waals surface area contributed by atoms with Crippen molar-refractivity contribution in [3.8, 4) is 5.75 Å². The predicted molar refractivity (Wildman–Crippen MR) is 115 cm³/mol. The molecule has 0 aliphatic carbocycles. The fourth-order valence-corrected chi connectivity index (χ4v) is 3.75. The summed E-state index contributed by atoms with van der Waals surface area (Å²) in [7, 11) is 1.66. The number of benzene rings is 2. The molecule has 6 heteroatoms. The Labute approximate surface area is 172 Å². The van der Waals surface area contributed by atoms with Gasteiger partial charge in [-0.25, -0.2) is 0 Å². The molecular weight excluding hydrogens is 366 g/mol. The van der Waals surface area contributed by atoms with E-state index in [2.05, 4.69) is 16.3 Å². The van der Waals surface area contributed by atoms with Crippen LogP contribution in [-0.4, -0.2) is 67.5 Å². The van der Waals surface area contributed by atoms with Crippen molar-refractivity contribution in [2.45, 2.75) is 32.7 Å². The molecule has 0 aromatic heterocycles. The van der Waals surface area contributed by atoms with E-state index in [1.54, 1.807) is 7.11 Å². The van der Waals surface area contributed by atoms with Crippen LogP contribution in [0.15, 0.2) is 36.4 Å². The van der Waals surface area contributed by atoms with E-state index in [1.165, 1.54) is 0 Å². The summed E-state index contributed by atoms with van der Waals surface area (Å²) in [6.07, 6.45) is 0. The largest absolute Gasteiger partial charge is 0.497 e. The summed E-state index contributed by atoms with van der Waals surface area (Å²) in [6.45, 7) is 9.03. The van der Waals surface area contributed by atoms with E-state index in [9.17, 15) is 9.59 Å². The van der Waals surface area contributed by atoms with E-state index in [-0.39, 0.29) is 23.8 Å². The maximum Gasteiger partial charge on any atom is 0.234 e. The summed E-state index contributed by atoms with van der Waals surface area (Å²) in [5.74, 6) is 0.816. The van der Waals surface area contributed by atoms with E-state index in [1.807, 2.05) is 56.0 Å². The molecule has 1 fully saturated rings. The van der Waals surface area contributed by atoms with Crippen molar-refractivity contribution in [1.29, 1.82) is 0 Å². The predicted octanol–water partition coefficient (Wildman–Crippen LogP) is 2.62. The van der Waals surface area contributed by atoms with Crippen LogP contribution in [0.5, 0.6) is 5.75 Å². The van der Waals surface area contributed by atoms with Gasteiger partial charge in [0.25, 0.3) is 0 Å². The second kappa shape index (κ2) is 9.27. The normalized spacial score (nSPS) is 16.1. The Balaban J connectivity index is 1.59. The third kappa shape index (κ3) is 5.26. The molecule has 2 aromatic carbocycles. The number of amides is 2. The minimum Gasteiger partial charge on any atom is -0.497 e. The number of ether oxygens (including phenoxy) is 1. The van der Waals surface area contributed by atoms with Crippen LogP contribution in [0.1, 0.15) is 32.3 Å². The van der Waals surface area contributed by atoms with Gasteiger partial charge in [-0.15, -0.1) is 0 Å². The van der Waals surface area contributed by atoms with Gasteiger partial charge in [0.05, 0.1) is 19.6 Å². The summed E-state index contributed by atoms with van der Waals surface area (Å²) in [5, 5.41) is 5.12. The molecule has 1 aliphatic heterocycles. The number of hydrogen-bond acceptors (Lipinski definition) is 4. The highest BCUT2D eigenvalue weighted by atomic mass is 16.5. The number of nitrogens with zero attached hydrogens (tertiary/aromatic N) is 2. The second-order valence-electron chi connectivity index (χ2n) is 8.02. The van der Waals surface area contributed by atoms with Crippen LogP contribution in [-0.2, 0) is 9.59 Å². The highest BCUT2D eigenvalue weighted by molar-refractivity contribution is 5.88. The number of methoxy groups -OCH3 is 1. The van der Waals surface area contributed by atoms with Crippen molar-refractivity contribution in [3.63, 3.8) is 0 Å². The zero-order valence-corrected chi connectivity index (χ0v) is 17.8. The molecule has 1 saturated heterocycles. The third-order valence-electron chi connectivity index (χ3n) is 5.44. The molecule has 1 aliphatic rings. The van der Waals surface area contributed by atoms with Gasteiger partial charge in [0, 0.05) is 32.2 Å². The third-order valence-corrected chi connectivity index (χ3v) is 5.44. The molecule has 156 valence electrons. The van der Waals surface area contributed by atoms with Crippen molar-refractivity contribution in [2.24, 2.45) is 0 Å². The van der Waals surface area contributed by atoms with Gasteiger partial charge in [-0.1, -0.05) is 24.3 Å². The Kier molecular flexibility index (Phi) is 6.75. The average Bonchev–Trinajstić information content (AvgIpc) is 2.71. The fraction of sp³-hybridized carbons (Fsp3) is 0.478. The molecule has 2 amide bonds. The van der Waals surface area contributed by atoms with Gasteiger partial charge in [-0.3, -0.25) is 14.5 Å². The molecule has 29 heavy (non-hydrogen) atoms. The SMILES string of the molecule is COc1ccc2cc([C@H](C)C(=O)N3CCN(CC(=O)NC(C)C)CC3)ccc2c1. The number of nitrogens with one attached hydrogen (secondary N) is 1. The van der Waals surface area contributed by atoms with Gasteiger partial charge in [0.15, 0.2) is 0 Å². The summed E-state index contributed by atoms with van der Waals surface area (Å²) in [5.41, 5.74) is 1.02. The van der Waals surface area contributed by atoms with Crippen LogP contribution in [0.3, 0.4) is 0 Å². The van der Waals surface area contributed by atoms with Crippen molar-refractivity contribution >= 4 is 22.6 Å². The van der Waals surface area contributed by atoms with Gasteiger partial charge >= 0.3 is 0 Å². The lowest BCUT2D eigenvalue weighted by molar-refractivity contribution is -0.134. The van der Waals surface area contributed by atoms with Crippen LogP contribution < -0.4 is 10.1 Å². The van der Waals surface area contributed by atoms with E-state index >= 15 is 0 Å². The van der Waals surface area contributed by atoms with Crippen LogP contribution in [0.4, 0.5) is 0 Å². The highest BCUT2D eigenvalue weighted by Gasteiger charge is 2.26. The van der Waals surface area contributed by atoms with Gasteiger partial charge in [0.1, 0.15) is 5.75 Å². The maximum atomic E-state index is 13.0. The molecule has 3 rings (SSSR count). The molecule has 0 unspecified atom stereocenters. The van der Waals surface area contributed by atoms with Crippen molar-refractivity contribution in [2.75, 3.05) is 39.8 Å². The quantitative estimate of drug-likeness (QED) is 0.814. The lowest BCUT2D eigenvalue weighted by Gasteiger charge is -2.35. The molecule has 0 spiro atoms. The minimum absolute atomic E-state index is 0.0425. The zero-order chi connectivity index (χ0) is 21.0. The number of carbonyl (C=O) groups is 2. The van der Waals surface area contributed by atoms with Crippen molar-refractivity contribution in [3.05, 3.63) is 42.0 Å². The lowest BCUT2D eigenvalue weighted by Crippen LogP contribution is -2.52. The Morgan fingerprint density at radius 1 is 1.00 bits per heavy atom. The summed E-state index contributed by atoms with van der Waals surface area (Å²) >= 11 is 0. The lowest BCUT2D eigenvalue weighted by atomic mass is 9.96. The van der Waals surface area contributed by atoms with Crippen LogP contribution >= 0.6 is 0 Å². The molecule has 1 N–H and O–H groups in total. The van der Waals surface area contributed by atoms with E-state index in [0.717, 1.165) is 35.2 Å². The first-order chi connectivity index (χ1) is 13.9. The molecule has 0 saturated carbocycles. The van der Waals surface area contributed by atoms with Gasteiger partial charge < -0.3 is 15.0 Å². The summed E-state index contributed by atoms with van der Waals surface area (Å²) < 4.78 is 5.28. The molecule has 1 atom stereocenters. The van der Waals surface area contributed by atoms with Crippen molar-refractivity contribution < 1.29 is 14.3 Å². The Hall–Kier alpha value is -2.60. The number of fused-ring (bicyclic) bond motifs is 1. The van der Waals surface area contributed by atoms with E-state index in [4.69, 9.17) is 4.74 Å². The van der Waals surface area contributed by atoms with Crippen molar-refractivity contribution in [1.82, 2.24) is 15.1 Å². The first-order valence-corrected chi connectivity index (χ1v) is 10.3. The number of carbonyl (C=O) groups excluding carboxylic acids is 2.